The van der Waals surface area contributed by atoms with E-state index in [9.17, 15) is 9.59 Å². The van der Waals surface area contributed by atoms with Crippen molar-refractivity contribution in [3.05, 3.63) is 70.8 Å². The van der Waals surface area contributed by atoms with Crippen molar-refractivity contribution in [2.24, 2.45) is 16.3 Å². The number of rotatable bonds is 4. The molecule has 2 aliphatic rings. The summed E-state index contributed by atoms with van der Waals surface area (Å²) >= 11 is 0. The molecule has 0 saturated heterocycles. The number of esters is 1. The average molecular weight is 405 g/mol. The number of hydrogen-bond donors (Lipinski definition) is 0. The first-order valence-electron chi connectivity index (χ1n) is 10.3. The van der Waals surface area contributed by atoms with Crippen molar-refractivity contribution in [3.8, 4) is 0 Å². The maximum Gasteiger partial charge on any atom is 0.336 e. The fourth-order valence-electron chi connectivity index (χ4n) is 4.59. The SMILES string of the molecule is CC1=C(C(=O)OCc2ccccc2)[C@@H](c2ccc(C)o2)C2C(=O)CC(C)(C)CC2=N1. The summed E-state index contributed by atoms with van der Waals surface area (Å²) in [5.74, 6) is 0.0293. The van der Waals surface area contributed by atoms with Gasteiger partial charge in [0.2, 0.25) is 0 Å². The van der Waals surface area contributed by atoms with Gasteiger partial charge in [0.15, 0.2) is 0 Å². The van der Waals surface area contributed by atoms with Gasteiger partial charge in [0.25, 0.3) is 0 Å². The molecule has 1 fully saturated rings. The van der Waals surface area contributed by atoms with Crippen LogP contribution in [0.4, 0.5) is 0 Å². The highest BCUT2D eigenvalue weighted by Gasteiger charge is 2.48. The van der Waals surface area contributed by atoms with Crippen LogP contribution in [0.3, 0.4) is 0 Å². The predicted octanol–water partition coefficient (Wildman–Crippen LogP) is 5.15. The van der Waals surface area contributed by atoms with Gasteiger partial charge in [-0.3, -0.25) is 9.79 Å². The number of fused-ring (bicyclic) bond motifs is 1. The van der Waals surface area contributed by atoms with Crippen molar-refractivity contribution in [1.29, 1.82) is 0 Å². The van der Waals surface area contributed by atoms with Crippen LogP contribution < -0.4 is 0 Å². The standard InChI is InChI=1S/C25H27NO4/c1-15-10-11-20(30-15)23-21(24(28)29-14-17-8-6-5-7-9-17)16(2)26-18-12-25(3,4)13-19(27)22(18)23/h5-11,22-23H,12-14H2,1-4H3/t22?,23-/m1/s1. The summed E-state index contributed by atoms with van der Waals surface area (Å²) < 4.78 is 11.5. The summed E-state index contributed by atoms with van der Waals surface area (Å²) in [5, 5.41) is 0. The molecule has 1 aliphatic heterocycles. The number of carbonyl (C=O) groups excluding carboxylic acids is 2. The zero-order valence-corrected chi connectivity index (χ0v) is 17.9. The normalized spacial score (nSPS) is 23.1. The number of aliphatic imine (C=N–C) groups is 1. The second-order valence-corrected chi connectivity index (χ2v) is 9.05. The number of Topliss-reactive ketones (excluding diaryl/α,β-unsaturated/α-hetero) is 1. The monoisotopic (exact) mass is 405 g/mol. The van der Waals surface area contributed by atoms with Gasteiger partial charge in [0.1, 0.15) is 23.9 Å². The van der Waals surface area contributed by atoms with Gasteiger partial charge in [0.05, 0.1) is 17.4 Å². The molecule has 1 aliphatic carbocycles. The number of nitrogens with zero attached hydrogens (tertiary/aromatic N) is 1. The maximum atomic E-state index is 13.2. The lowest BCUT2D eigenvalue weighted by Crippen LogP contribution is -2.44. The Bertz CT molecular complexity index is 1040. The van der Waals surface area contributed by atoms with Crippen molar-refractivity contribution in [1.82, 2.24) is 0 Å². The third-order valence-electron chi connectivity index (χ3n) is 5.86. The molecule has 1 saturated carbocycles. The van der Waals surface area contributed by atoms with Crippen LogP contribution in [-0.2, 0) is 20.9 Å². The van der Waals surface area contributed by atoms with Crippen molar-refractivity contribution < 1.29 is 18.7 Å². The number of ether oxygens (including phenoxy) is 1. The minimum absolute atomic E-state index is 0.102. The van der Waals surface area contributed by atoms with Gasteiger partial charge in [-0.05, 0) is 43.4 Å². The Labute approximate surface area is 176 Å². The molecule has 0 N–H and O–H groups in total. The first-order chi connectivity index (χ1) is 14.2. The van der Waals surface area contributed by atoms with Crippen molar-refractivity contribution in [2.45, 2.75) is 53.1 Å². The molecule has 0 radical (unpaired) electrons. The Hall–Kier alpha value is -2.95. The van der Waals surface area contributed by atoms with Gasteiger partial charge in [-0.25, -0.2) is 4.79 Å². The highest BCUT2D eigenvalue weighted by Crippen LogP contribution is 2.47. The van der Waals surface area contributed by atoms with Crippen LogP contribution in [0, 0.1) is 18.3 Å². The quantitative estimate of drug-likeness (QED) is 0.660. The molecular weight excluding hydrogens is 378 g/mol. The van der Waals surface area contributed by atoms with Crippen LogP contribution >= 0.6 is 0 Å². The lowest BCUT2D eigenvalue weighted by atomic mass is 9.64. The van der Waals surface area contributed by atoms with Gasteiger partial charge in [0, 0.05) is 17.8 Å². The largest absolute Gasteiger partial charge is 0.466 e. The van der Waals surface area contributed by atoms with Gasteiger partial charge in [-0.2, -0.15) is 0 Å². The van der Waals surface area contributed by atoms with Crippen LogP contribution in [0.5, 0.6) is 0 Å². The number of hydrogen-bond acceptors (Lipinski definition) is 5. The van der Waals surface area contributed by atoms with E-state index >= 15 is 0 Å². The van der Waals surface area contributed by atoms with E-state index in [1.807, 2.05) is 56.3 Å². The molecule has 1 unspecified atom stereocenters. The Kier molecular flexibility index (Phi) is 5.22. The van der Waals surface area contributed by atoms with Crippen LogP contribution in [-0.4, -0.2) is 17.5 Å². The second kappa shape index (κ2) is 7.71. The van der Waals surface area contributed by atoms with Gasteiger partial charge < -0.3 is 9.15 Å². The zero-order valence-electron chi connectivity index (χ0n) is 17.9. The Morgan fingerprint density at radius 2 is 1.83 bits per heavy atom. The topological polar surface area (TPSA) is 68.9 Å². The highest BCUT2D eigenvalue weighted by atomic mass is 16.5. The highest BCUT2D eigenvalue weighted by molar-refractivity contribution is 6.12. The molecule has 0 amide bonds. The van der Waals surface area contributed by atoms with Crippen molar-refractivity contribution >= 4 is 17.5 Å². The van der Waals surface area contributed by atoms with E-state index in [1.54, 1.807) is 0 Å². The van der Waals surface area contributed by atoms with Crippen LogP contribution in [0.2, 0.25) is 0 Å². The van der Waals surface area contributed by atoms with E-state index in [2.05, 4.69) is 13.8 Å². The molecule has 30 heavy (non-hydrogen) atoms. The van der Waals surface area contributed by atoms with Gasteiger partial charge in [-0.1, -0.05) is 44.2 Å². The molecule has 2 atom stereocenters. The molecule has 0 bridgehead atoms. The van der Waals surface area contributed by atoms with E-state index in [0.29, 0.717) is 23.5 Å². The number of furan rings is 1. The average Bonchev–Trinajstić information content (AvgIpc) is 3.11. The number of allylic oxidation sites excluding steroid dienone is 1. The van der Waals surface area contributed by atoms with E-state index in [1.165, 1.54) is 0 Å². The summed E-state index contributed by atoms with van der Waals surface area (Å²) in [6.45, 7) is 8.01. The van der Waals surface area contributed by atoms with Gasteiger partial charge in [-0.15, -0.1) is 0 Å². The van der Waals surface area contributed by atoms with Crippen molar-refractivity contribution in [2.75, 3.05) is 0 Å². The molecule has 2 aromatic rings. The van der Waals surface area contributed by atoms with Crippen LogP contribution in [0.1, 0.15) is 56.6 Å². The lowest BCUT2D eigenvalue weighted by Gasteiger charge is -2.40. The Balaban J connectivity index is 1.72. The molecule has 1 aromatic carbocycles. The molecule has 1 aromatic heterocycles. The number of ketones is 1. The fourth-order valence-corrected chi connectivity index (χ4v) is 4.59. The minimum atomic E-state index is -0.502. The molecule has 156 valence electrons. The molecule has 4 rings (SSSR count). The Morgan fingerprint density at radius 3 is 2.50 bits per heavy atom. The third kappa shape index (κ3) is 3.89. The van der Waals surface area contributed by atoms with Crippen LogP contribution in [0.25, 0.3) is 0 Å². The van der Waals surface area contributed by atoms with E-state index in [0.717, 1.165) is 23.5 Å². The molecular formula is C25H27NO4. The smallest absolute Gasteiger partial charge is 0.336 e. The predicted molar refractivity (Wildman–Crippen MR) is 114 cm³/mol. The molecule has 5 nitrogen and oxygen atoms in total. The molecule has 2 heterocycles. The van der Waals surface area contributed by atoms with Crippen molar-refractivity contribution in [3.63, 3.8) is 0 Å². The maximum absolute atomic E-state index is 13.2. The number of aryl methyl sites for hydroxylation is 1. The lowest BCUT2D eigenvalue weighted by molar-refractivity contribution is -0.141. The first kappa shape index (κ1) is 20.3. The van der Waals surface area contributed by atoms with E-state index < -0.39 is 17.8 Å². The summed E-state index contributed by atoms with van der Waals surface area (Å²) in [7, 11) is 0. The Morgan fingerprint density at radius 1 is 1.10 bits per heavy atom. The second-order valence-electron chi connectivity index (χ2n) is 9.05. The fraction of sp³-hybridized carbons (Fsp3) is 0.400. The minimum Gasteiger partial charge on any atom is -0.466 e. The van der Waals surface area contributed by atoms with E-state index in [4.69, 9.17) is 14.1 Å². The van der Waals surface area contributed by atoms with Crippen LogP contribution in [0.15, 0.2) is 63.1 Å². The summed E-state index contributed by atoms with van der Waals surface area (Å²) in [6.07, 6.45) is 1.18. The summed E-state index contributed by atoms with van der Waals surface area (Å²) in [5.41, 5.74) is 2.63. The zero-order chi connectivity index (χ0) is 21.5. The van der Waals surface area contributed by atoms with Gasteiger partial charge >= 0.3 is 5.97 Å². The third-order valence-corrected chi connectivity index (χ3v) is 5.86. The number of carbonyl (C=O) groups is 2. The summed E-state index contributed by atoms with van der Waals surface area (Å²) in [4.78, 5) is 31.1. The number of benzene rings is 1. The first-order valence-corrected chi connectivity index (χ1v) is 10.3. The van der Waals surface area contributed by atoms with E-state index in [-0.39, 0.29) is 17.8 Å². The molecule has 5 heteroatoms. The molecule has 0 spiro atoms. The summed E-state index contributed by atoms with van der Waals surface area (Å²) in [6, 6.07) is 13.3.